The van der Waals surface area contributed by atoms with E-state index >= 15 is 0 Å². The molecule has 0 aliphatic carbocycles. The molecular weight excluding hydrogens is 280 g/mol. The van der Waals surface area contributed by atoms with Gasteiger partial charge in [-0.05, 0) is 32.1 Å². The van der Waals surface area contributed by atoms with Crippen molar-refractivity contribution in [2.75, 3.05) is 32.9 Å². The van der Waals surface area contributed by atoms with Crippen LogP contribution in [-0.4, -0.2) is 55.9 Å². The molecule has 20 heavy (non-hydrogen) atoms. The van der Waals surface area contributed by atoms with Gasteiger partial charge in [0, 0.05) is 25.7 Å². The molecule has 0 radical (unpaired) electrons. The number of halogens is 1. The van der Waals surface area contributed by atoms with E-state index in [0.29, 0.717) is 26.2 Å². The van der Waals surface area contributed by atoms with Gasteiger partial charge in [0.05, 0.1) is 25.7 Å². The number of piperidine rings is 1. The minimum atomic E-state index is 0. The number of ether oxygens (including phenoxy) is 2. The van der Waals surface area contributed by atoms with E-state index in [1.54, 1.807) is 0 Å². The average molecular weight is 307 g/mol. The van der Waals surface area contributed by atoms with E-state index in [2.05, 4.69) is 0 Å². The molecule has 1 amide bonds. The van der Waals surface area contributed by atoms with Crippen molar-refractivity contribution in [1.29, 1.82) is 0 Å². The summed E-state index contributed by atoms with van der Waals surface area (Å²) in [4.78, 5) is 14.1. The zero-order chi connectivity index (χ0) is 13.5. The molecule has 2 atom stereocenters. The fraction of sp³-hybridized carbons (Fsp3) is 0.929. The molecule has 2 saturated heterocycles. The van der Waals surface area contributed by atoms with Crippen LogP contribution < -0.4 is 5.73 Å². The third kappa shape index (κ3) is 5.20. The molecule has 0 saturated carbocycles. The van der Waals surface area contributed by atoms with Crippen LogP contribution in [0, 0.1) is 0 Å². The number of hydrogen-bond donors (Lipinski definition) is 1. The van der Waals surface area contributed by atoms with Gasteiger partial charge in [-0.2, -0.15) is 0 Å². The van der Waals surface area contributed by atoms with Crippen LogP contribution in [0.25, 0.3) is 0 Å². The number of carbonyl (C=O) groups excluding carboxylic acids is 1. The molecule has 0 bridgehead atoms. The van der Waals surface area contributed by atoms with Crippen molar-refractivity contribution in [3.63, 3.8) is 0 Å². The van der Waals surface area contributed by atoms with Crippen LogP contribution >= 0.6 is 12.4 Å². The number of carbonyl (C=O) groups is 1. The van der Waals surface area contributed by atoms with E-state index in [1.165, 1.54) is 6.42 Å². The third-order valence-corrected chi connectivity index (χ3v) is 4.01. The molecule has 118 valence electrons. The molecule has 0 aromatic carbocycles. The fourth-order valence-corrected chi connectivity index (χ4v) is 2.87. The summed E-state index contributed by atoms with van der Waals surface area (Å²) >= 11 is 0. The fourth-order valence-electron chi connectivity index (χ4n) is 2.87. The highest BCUT2D eigenvalue weighted by molar-refractivity contribution is 5.85. The van der Waals surface area contributed by atoms with Gasteiger partial charge in [-0.1, -0.05) is 0 Å². The Morgan fingerprint density at radius 2 is 2.15 bits per heavy atom. The summed E-state index contributed by atoms with van der Waals surface area (Å²) in [7, 11) is 0. The number of rotatable bonds is 6. The maximum atomic E-state index is 12.1. The molecule has 2 heterocycles. The van der Waals surface area contributed by atoms with Crippen LogP contribution in [0.2, 0.25) is 0 Å². The van der Waals surface area contributed by atoms with Gasteiger partial charge in [-0.3, -0.25) is 4.79 Å². The zero-order valence-corrected chi connectivity index (χ0v) is 12.9. The number of amides is 1. The number of nitrogens with two attached hydrogens (primary N) is 1. The Morgan fingerprint density at radius 1 is 1.30 bits per heavy atom. The van der Waals surface area contributed by atoms with Crippen LogP contribution in [0.5, 0.6) is 0 Å². The van der Waals surface area contributed by atoms with Crippen LogP contribution in [0.4, 0.5) is 0 Å². The molecule has 2 aliphatic rings. The van der Waals surface area contributed by atoms with Gasteiger partial charge in [0.1, 0.15) is 0 Å². The minimum absolute atomic E-state index is 0. The molecule has 2 N–H and O–H groups in total. The van der Waals surface area contributed by atoms with E-state index in [0.717, 1.165) is 38.8 Å². The number of likely N-dealkylation sites (tertiary alicyclic amines) is 1. The average Bonchev–Trinajstić information content (AvgIpc) is 2.96. The summed E-state index contributed by atoms with van der Waals surface area (Å²) in [6, 6.07) is 0.236. The van der Waals surface area contributed by atoms with Crippen molar-refractivity contribution in [2.45, 2.75) is 50.7 Å². The largest absolute Gasteiger partial charge is 0.378 e. The summed E-state index contributed by atoms with van der Waals surface area (Å²) in [6.07, 6.45) is 6.22. The van der Waals surface area contributed by atoms with Gasteiger partial charge in [-0.25, -0.2) is 0 Å². The second kappa shape index (κ2) is 9.55. The summed E-state index contributed by atoms with van der Waals surface area (Å²) < 4.78 is 11.0. The standard InChI is InChI=1S/C14H26N2O3.ClH/c15-10-12-4-1-2-7-16(12)14(17)6-9-18-11-13-5-3-8-19-13;/h12-13H,1-11,15H2;1H. The predicted octanol–water partition coefficient (Wildman–Crippen LogP) is 1.33. The van der Waals surface area contributed by atoms with Gasteiger partial charge >= 0.3 is 0 Å². The van der Waals surface area contributed by atoms with Crippen molar-refractivity contribution in [3.8, 4) is 0 Å². The first-order valence-corrected chi connectivity index (χ1v) is 7.50. The van der Waals surface area contributed by atoms with Gasteiger partial charge in [-0.15, -0.1) is 12.4 Å². The van der Waals surface area contributed by atoms with Gasteiger partial charge < -0.3 is 20.1 Å². The monoisotopic (exact) mass is 306 g/mol. The van der Waals surface area contributed by atoms with Crippen LogP contribution in [0.3, 0.4) is 0 Å². The van der Waals surface area contributed by atoms with Crippen LogP contribution in [-0.2, 0) is 14.3 Å². The Kier molecular flexibility index (Phi) is 8.45. The Labute approximate surface area is 127 Å². The molecule has 2 fully saturated rings. The first-order chi connectivity index (χ1) is 9.31. The lowest BCUT2D eigenvalue weighted by atomic mass is 10.0. The van der Waals surface area contributed by atoms with Crippen molar-refractivity contribution >= 4 is 18.3 Å². The SMILES string of the molecule is Cl.NCC1CCCCN1C(=O)CCOCC1CCCO1. The summed E-state index contributed by atoms with van der Waals surface area (Å²) in [5, 5.41) is 0. The Balaban J connectivity index is 0.00000200. The highest BCUT2D eigenvalue weighted by Gasteiger charge is 2.25. The zero-order valence-electron chi connectivity index (χ0n) is 12.1. The molecule has 2 rings (SSSR count). The summed E-state index contributed by atoms with van der Waals surface area (Å²) in [6.45, 7) is 3.38. The molecule has 2 aliphatic heterocycles. The Bertz CT molecular complexity index is 286. The molecule has 0 spiro atoms. The Hall–Kier alpha value is -0.360. The second-order valence-electron chi connectivity index (χ2n) is 5.43. The quantitative estimate of drug-likeness (QED) is 0.752. The molecule has 5 nitrogen and oxygen atoms in total. The predicted molar refractivity (Wildman–Crippen MR) is 80.1 cm³/mol. The molecule has 6 heteroatoms. The molecule has 0 aromatic rings. The molecule has 2 unspecified atom stereocenters. The normalized spacial score (nSPS) is 26.4. The van der Waals surface area contributed by atoms with E-state index in [4.69, 9.17) is 15.2 Å². The lowest BCUT2D eigenvalue weighted by Crippen LogP contribution is -2.47. The smallest absolute Gasteiger partial charge is 0.225 e. The van der Waals surface area contributed by atoms with Gasteiger partial charge in [0.2, 0.25) is 5.91 Å². The summed E-state index contributed by atoms with van der Waals surface area (Å²) in [5.74, 6) is 0.183. The second-order valence-corrected chi connectivity index (χ2v) is 5.43. The van der Waals surface area contributed by atoms with Crippen molar-refractivity contribution in [3.05, 3.63) is 0 Å². The highest BCUT2D eigenvalue weighted by atomic mass is 35.5. The number of nitrogens with zero attached hydrogens (tertiary/aromatic N) is 1. The van der Waals surface area contributed by atoms with Crippen molar-refractivity contribution < 1.29 is 14.3 Å². The summed E-state index contributed by atoms with van der Waals surface area (Å²) in [5.41, 5.74) is 5.73. The highest BCUT2D eigenvalue weighted by Crippen LogP contribution is 2.17. The Morgan fingerprint density at radius 3 is 2.85 bits per heavy atom. The number of hydrogen-bond acceptors (Lipinski definition) is 4. The van der Waals surface area contributed by atoms with E-state index in [1.807, 2.05) is 4.90 Å². The first kappa shape index (κ1) is 17.7. The van der Waals surface area contributed by atoms with E-state index in [-0.39, 0.29) is 30.5 Å². The van der Waals surface area contributed by atoms with Crippen molar-refractivity contribution in [1.82, 2.24) is 4.90 Å². The van der Waals surface area contributed by atoms with Crippen molar-refractivity contribution in [2.24, 2.45) is 5.73 Å². The molecule has 0 aromatic heterocycles. The van der Waals surface area contributed by atoms with Crippen LogP contribution in [0.1, 0.15) is 38.5 Å². The van der Waals surface area contributed by atoms with E-state index < -0.39 is 0 Å². The van der Waals surface area contributed by atoms with Gasteiger partial charge in [0.15, 0.2) is 0 Å². The minimum Gasteiger partial charge on any atom is -0.378 e. The maximum Gasteiger partial charge on any atom is 0.225 e. The lowest BCUT2D eigenvalue weighted by molar-refractivity contribution is -0.136. The topological polar surface area (TPSA) is 64.8 Å². The van der Waals surface area contributed by atoms with Gasteiger partial charge in [0.25, 0.3) is 0 Å². The maximum absolute atomic E-state index is 12.1. The third-order valence-electron chi connectivity index (χ3n) is 4.01. The first-order valence-electron chi connectivity index (χ1n) is 7.50. The molecular formula is C14H27ClN2O3. The lowest BCUT2D eigenvalue weighted by Gasteiger charge is -2.35. The van der Waals surface area contributed by atoms with Crippen LogP contribution in [0.15, 0.2) is 0 Å². The van der Waals surface area contributed by atoms with E-state index in [9.17, 15) is 4.79 Å².